The van der Waals surface area contributed by atoms with Crippen LogP contribution in [0.3, 0.4) is 0 Å². The minimum atomic E-state index is -1.63. The van der Waals surface area contributed by atoms with Crippen molar-refractivity contribution in [2.24, 2.45) is 11.8 Å². The van der Waals surface area contributed by atoms with Gasteiger partial charge in [0.2, 0.25) is 17.8 Å². The first-order chi connectivity index (χ1) is 25.0. The van der Waals surface area contributed by atoms with Crippen molar-refractivity contribution in [1.82, 2.24) is 15.0 Å². The molecule has 2 aromatic carbocycles. The fraction of sp³-hybridized carbons (Fsp3) is 0.564. The minimum Gasteiger partial charge on any atom is -0.462 e. The highest BCUT2D eigenvalue weighted by Crippen LogP contribution is 2.25. The number of aromatic nitrogens is 3. The molecule has 11 nitrogen and oxygen atoms in total. The van der Waals surface area contributed by atoms with Crippen molar-refractivity contribution < 1.29 is 23.2 Å². The molecule has 0 radical (unpaired) electrons. The summed E-state index contributed by atoms with van der Waals surface area (Å²) in [6, 6.07) is 15.2. The number of carbonyl (C=O) groups excluding carboxylic acids is 2. The normalized spacial score (nSPS) is 13.2. The fourth-order valence-corrected chi connectivity index (χ4v) is 11.6. The van der Waals surface area contributed by atoms with E-state index in [1.54, 1.807) is 36.4 Å². The Balaban J connectivity index is 1.87. The number of para-hydroxylation sites is 2. The van der Waals surface area contributed by atoms with Crippen LogP contribution in [0.25, 0.3) is 0 Å². The summed E-state index contributed by atoms with van der Waals surface area (Å²) in [5, 5.41) is 9.81. The van der Waals surface area contributed by atoms with E-state index < -0.39 is 29.3 Å². The van der Waals surface area contributed by atoms with E-state index in [9.17, 15) is 9.59 Å². The van der Waals surface area contributed by atoms with E-state index in [1.165, 1.54) is 0 Å². The fourth-order valence-electron chi connectivity index (χ4n) is 5.74. The molecule has 0 saturated carbocycles. The number of benzene rings is 2. The van der Waals surface area contributed by atoms with Crippen molar-refractivity contribution in [3.8, 4) is 0 Å². The SMILES string of the molecule is CCCCC(CC)COC(=O)c1ccccc1Nc1nc(NCC[SiH](C)O[Si](C)(C)C)nc(Nc2ccccc2C(=O)OCC(CC)CCCC)n1. The van der Waals surface area contributed by atoms with Crippen LogP contribution in [0.15, 0.2) is 48.5 Å². The lowest BCUT2D eigenvalue weighted by Crippen LogP contribution is -2.34. The molecule has 3 unspecified atom stereocenters. The first-order valence-electron chi connectivity index (χ1n) is 19.2. The van der Waals surface area contributed by atoms with Crippen LogP contribution < -0.4 is 16.0 Å². The summed E-state index contributed by atoms with van der Waals surface area (Å²) in [7, 11) is -3.02. The second kappa shape index (κ2) is 22.3. The lowest BCUT2D eigenvalue weighted by Gasteiger charge is -2.23. The summed E-state index contributed by atoms with van der Waals surface area (Å²) in [6.45, 7) is 18.8. The van der Waals surface area contributed by atoms with Gasteiger partial charge in [-0.3, -0.25) is 0 Å². The molecule has 0 saturated heterocycles. The summed E-state index contributed by atoms with van der Waals surface area (Å²) < 4.78 is 17.9. The molecule has 3 atom stereocenters. The van der Waals surface area contributed by atoms with Crippen molar-refractivity contribution >= 4 is 58.5 Å². The maximum atomic E-state index is 13.3. The molecule has 0 aliphatic carbocycles. The maximum absolute atomic E-state index is 13.3. The van der Waals surface area contributed by atoms with Crippen LogP contribution in [0, 0.1) is 11.8 Å². The maximum Gasteiger partial charge on any atom is 0.340 e. The molecular formula is C39H62N6O5Si2. The third kappa shape index (κ3) is 15.0. The molecule has 3 aromatic rings. The summed E-state index contributed by atoms with van der Waals surface area (Å²) in [5.41, 5.74) is 1.80. The Kier molecular flexibility index (Phi) is 18.3. The van der Waals surface area contributed by atoms with Crippen molar-refractivity contribution in [2.45, 2.75) is 111 Å². The lowest BCUT2D eigenvalue weighted by atomic mass is 10.0. The Bertz CT molecular complexity index is 1440. The number of rotatable bonds is 24. The van der Waals surface area contributed by atoms with Gasteiger partial charge in [-0.1, -0.05) is 90.5 Å². The zero-order valence-corrected chi connectivity index (χ0v) is 34.9. The quantitative estimate of drug-likeness (QED) is 0.0596. The number of nitrogens with zero attached hydrogens (tertiary/aromatic N) is 3. The first kappa shape index (κ1) is 42.6. The summed E-state index contributed by atoms with van der Waals surface area (Å²) in [6.07, 6.45) is 8.40. The summed E-state index contributed by atoms with van der Waals surface area (Å²) >= 11 is 0. The third-order valence-corrected chi connectivity index (χ3v) is 14.3. The standard InChI is InChI=1S/C39H62N6O5Si2/c1-9-13-19-29(11-3)27-48-35(46)31-21-15-17-23-33(31)41-38-43-37(40-25-26-51(5)50-52(6,7)8)44-39(45-38)42-34-24-18-16-22-32(34)36(47)49-28-30(12-4)20-14-10-2/h15-18,21-24,29-30,51H,9-14,19-20,25-28H2,1-8H3,(H3,40,41,42,43,44,45). The van der Waals surface area contributed by atoms with Gasteiger partial charge in [0.1, 0.15) is 0 Å². The van der Waals surface area contributed by atoms with E-state index in [0.717, 1.165) is 57.4 Å². The van der Waals surface area contributed by atoms with Crippen molar-refractivity contribution in [3.63, 3.8) is 0 Å². The van der Waals surface area contributed by atoms with E-state index in [0.29, 0.717) is 60.0 Å². The predicted molar refractivity (Wildman–Crippen MR) is 217 cm³/mol. The Labute approximate surface area is 314 Å². The Morgan fingerprint density at radius 2 is 1.15 bits per heavy atom. The molecule has 1 aromatic heterocycles. The molecule has 0 aliphatic heterocycles. The average molecular weight is 751 g/mol. The second-order valence-corrected chi connectivity index (χ2v) is 21.8. The van der Waals surface area contributed by atoms with Crippen molar-refractivity contribution in [2.75, 3.05) is 35.7 Å². The molecule has 1 heterocycles. The van der Waals surface area contributed by atoms with Gasteiger partial charge in [-0.2, -0.15) is 15.0 Å². The lowest BCUT2D eigenvalue weighted by molar-refractivity contribution is 0.0420. The van der Waals surface area contributed by atoms with Crippen LogP contribution in [0.1, 0.15) is 99.8 Å². The van der Waals surface area contributed by atoms with Gasteiger partial charge in [-0.05, 0) is 81.2 Å². The summed E-state index contributed by atoms with van der Waals surface area (Å²) in [4.78, 5) is 40.6. The first-order valence-corrected chi connectivity index (χ1v) is 25.0. The number of nitrogens with one attached hydrogen (secondary N) is 3. The van der Waals surface area contributed by atoms with Crippen LogP contribution in [-0.2, 0) is 13.6 Å². The number of hydrogen-bond acceptors (Lipinski definition) is 11. The van der Waals surface area contributed by atoms with E-state index >= 15 is 0 Å². The molecule has 3 N–H and O–H groups in total. The summed E-state index contributed by atoms with van der Waals surface area (Å²) in [5.74, 6) is 0.630. The smallest absolute Gasteiger partial charge is 0.340 e. The number of unbranched alkanes of at least 4 members (excludes halogenated alkanes) is 2. The van der Waals surface area contributed by atoms with Gasteiger partial charge in [0, 0.05) is 6.54 Å². The molecule has 0 bridgehead atoms. The van der Waals surface area contributed by atoms with Crippen LogP contribution >= 0.6 is 0 Å². The molecule has 52 heavy (non-hydrogen) atoms. The van der Waals surface area contributed by atoms with Crippen LogP contribution in [0.2, 0.25) is 32.2 Å². The highest BCUT2D eigenvalue weighted by atomic mass is 28.4. The van der Waals surface area contributed by atoms with Gasteiger partial charge in [0.15, 0.2) is 17.4 Å². The highest BCUT2D eigenvalue weighted by Gasteiger charge is 2.21. The van der Waals surface area contributed by atoms with Crippen molar-refractivity contribution in [3.05, 3.63) is 59.7 Å². The number of anilines is 5. The highest BCUT2D eigenvalue weighted by molar-refractivity contribution is 6.77. The molecule has 3 rings (SSSR count). The largest absolute Gasteiger partial charge is 0.462 e. The van der Waals surface area contributed by atoms with Gasteiger partial charge < -0.3 is 29.5 Å². The number of hydrogen-bond donors (Lipinski definition) is 3. The molecule has 0 spiro atoms. The molecular weight excluding hydrogens is 689 g/mol. The monoisotopic (exact) mass is 750 g/mol. The topological polar surface area (TPSA) is 137 Å². The minimum absolute atomic E-state index is 0.222. The molecule has 0 amide bonds. The Morgan fingerprint density at radius 1 is 0.712 bits per heavy atom. The van der Waals surface area contributed by atoms with E-state index in [1.807, 2.05) is 12.1 Å². The third-order valence-electron chi connectivity index (χ3n) is 8.80. The zero-order chi connectivity index (χ0) is 37.9. The van der Waals surface area contributed by atoms with Gasteiger partial charge in [-0.25, -0.2) is 9.59 Å². The second-order valence-electron chi connectivity index (χ2n) is 14.4. The predicted octanol–water partition coefficient (Wildman–Crippen LogP) is 9.72. The van der Waals surface area contributed by atoms with Crippen LogP contribution in [-0.4, -0.2) is 64.0 Å². The average Bonchev–Trinajstić information content (AvgIpc) is 3.11. The van der Waals surface area contributed by atoms with E-state index in [4.69, 9.17) is 13.6 Å². The van der Waals surface area contributed by atoms with E-state index in [-0.39, 0.29) is 11.9 Å². The number of esters is 2. The molecule has 13 heteroatoms. The van der Waals surface area contributed by atoms with Crippen molar-refractivity contribution in [1.29, 1.82) is 0 Å². The Morgan fingerprint density at radius 3 is 1.58 bits per heavy atom. The van der Waals surface area contributed by atoms with Crippen LogP contribution in [0.4, 0.5) is 29.2 Å². The Hall–Kier alpha value is -3.82. The zero-order valence-electron chi connectivity index (χ0n) is 32.7. The molecule has 0 fully saturated rings. The van der Waals surface area contributed by atoms with Gasteiger partial charge in [-0.15, -0.1) is 0 Å². The van der Waals surface area contributed by atoms with Crippen LogP contribution in [0.5, 0.6) is 0 Å². The number of carbonyl (C=O) groups is 2. The molecule has 0 aliphatic rings. The van der Waals surface area contributed by atoms with E-state index in [2.05, 4.69) is 84.8 Å². The van der Waals surface area contributed by atoms with Gasteiger partial charge in [0.05, 0.1) is 35.7 Å². The van der Waals surface area contributed by atoms with Gasteiger partial charge in [0.25, 0.3) is 0 Å². The molecule has 286 valence electrons. The van der Waals surface area contributed by atoms with Gasteiger partial charge >= 0.3 is 11.9 Å². The number of ether oxygens (including phenoxy) is 2.